The summed E-state index contributed by atoms with van der Waals surface area (Å²) in [6, 6.07) is 0. The predicted molar refractivity (Wildman–Crippen MR) is 47.8 cm³/mol. The van der Waals surface area contributed by atoms with Crippen molar-refractivity contribution in [1.82, 2.24) is 4.90 Å². The van der Waals surface area contributed by atoms with Crippen LogP contribution in [0.3, 0.4) is 0 Å². The fourth-order valence-electron chi connectivity index (χ4n) is 1.17. The third kappa shape index (κ3) is 7.11. The van der Waals surface area contributed by atoms with E-state index in [0.29, 0.717) is 0 Å². The van der Waals surface area contributed by atoms with Crippen LogP contribution in [-0.4, -0.2) is 49.0 Å². The minimum Gasteiger partial charge on any atom is -0.396 e. The number of alkyl halides is 3. The summed E-state index contributed by atoms with van der Waals surface area (Å²) in [6.07, 6.45) is -4.20. The molecular formula is C8H17F3N2O. The van der Waals surface area contributed by atoms with E-state index in [2.05, 4.69) is 0 Å². The van der Waals surface area contributed by atoms with Crippen LogP contribution in [0.1, 0.15) is 6.92 Å². The SMILES string of the molecule is CC(CO)CN(CCN)CC(F)(F)F. The quantitative estimate of drug-likeness (QED) is 0.674. The Bertz CT molecular complexity index is 152. The van der Waals surface area contributed by atoms with E-state index in [1.807, 2.05) is 0 Å². The van der Waals surface area contributed by atoms with Gasteiger partial charge in [-0.1, -0.05) is 6.92 Å². The van der Waals surface area contributed by atoms with E-state index < -0.39 is 12.7 Å². The summed E-state index contributed by atoms with van der Waals surface area (Å²) in [5.41, 5.74) is 5.19. The second-order valence-electron chi connectivity index (χ2n) is 3.43. The second-order valence-corrected chi connectivity index (χ2v) is 3.43. The molecule has 14 heavy (non-hydrogen) atoms. The second kappa shape index (κ2) is 6.21. The molecule has 0 bridgehead atoms. The maximum atomic E-state index is 12.0. The highest BCUT2D eigenvalue weighted by molar-refractivity contribution is 4.66. The number of aliphatic hydroxyl groups excluding tert-OH is 1. The first-order valence-corrected chi connectivity index (χ1v) is 4.49. The van der Waals surface area contributed by atoms with Crippen molar-refractivity contribution < 1.29 is 18.3 Å². The third-order valence-electron chi connectivity index (χ3n) is 1.73. The molecule has 3 N–H and O–H groups in total. The lowest BCUT2D eigenvalue weighted by atomic mass is 10.2. The van der Waals surface area contributed by atoms with E-state index in [0.717, 1.165) is 0 Å². The van der Waals surface area contributed by atoms with Gasteiger partial charge < -0.3 is 10.8 Å². The smallest absolute Gasteiger partial charge is 0.396 e. The summed E-state index contributed by atoms with van der Waals surface area (Å²) in [4.78, 5) is 1.21. The summed E-state index contributed by atoms with van der Waals surface area (Å²) < 4.78 is 36.1. The van der Waals surface area contributed by atoms with E-state index in [1.165, 1.54) is 4.90 Å². The first-order chi connectivity index (χ1) is 6.39. The first kappa shape index (κ1) is 13.7. The van der Waals surface area contributed by atoms with Crippen molar-refractivity contribution in [2.24, 2.45) is 11.7 Å². The van der Waals surface area contributed by atoms with Gasteiger partial charge in [0.25, 0.3) is 0 Å². The van der Waals surface area contributed by atoms with Gasteiger partial charge in [-0.25, -0.2) is 0 Å². The van der Waals surface area contributed by atoms with Gasteiger partial charge >= 0.3 is 6.18 Å². The van der Waals surface area contributed by atoms with Gasteiger partial charge in [-0.15, -0.1) is 0 Å². The Balaban J connectivity index is 4.01. The van der Waals surface area contributed by atoms with Crippen LogP contribution in [0, 0.1) is 5.92 Å². The molecule has 86 valence electrons. The lowest BCUT2D eigenvalue weighted by Gasteiger charge is -2.25. The summed E-state index contributed by atoms with van der Waals surface area (Å²) in [5, 5.41) is 8.71. The molecule has 1 atom stereocenters. The Morgan fingerprint density at radius 3 is 2.36 bits per heavy atom. The molecule has 0 spiro atoms. The number of hydrogen-bond acceptors (Lipinski definition) is 3. The summed E-state index contributed by atoms with van der Waals surface area (Å²) in [5.74, 6) is -0.163. The molecule has 0 aromatic rings. The molecule has 0 radical (unpaired) electrons. The van der Waals surface area contributed by atoms with Gasteiger partial charge in [0.1, 0.15) is 0 Å². The highest BCUT2D eigenvalue weighted by Crippen LogP contribution is 2.16. The molecule has 6 heteroatoms. The van der Waals surface area contributed by atoms with Crippen molar-refractivity contribution in [3.8, 4) is 0 Å². The summed E-state index contributed by atoms with van der Waals surface area (Å²) >= 11 is 0. The van der Waals surface area contributed by atoms with Gasteiger partial charge in [0.15, 0.2) is 0 Å². The zero-order valence-electron chi connectivity index (χ0n) is 8.22. The van der Waals surface area contributed by atoms with Crippen molar-refractivity contribution in [2.75, 3.05) is 32.8 Å². The fourth-order valence-corrected chi connectivity index (χ4v) is 1.17. The lowest BCUT2D eigenvalue weighted by Crippen LogP contribution is -2.40. The van der Waals surface area contributed by atoms with Crippen LogP contribution in [0.5, 0.6) is 0 Å². The number of halogens is 3. The average Bonchev–Trinajstić information content (AvgIpc) is 2.01. The number of aliphatic hydroxyl groups is 1. The molecule has 0 saturated carbocycles. The van der Waals surface area contributed by atoms with Crippen molar-refractivity contribution in [1.29, 1.82) is 0 Å². The molecule has 0 saturated heterocycles. The number of hydrogen-bond donors (Lipinski definition) is 2. The molecule has 0 heterocycles. The van der Waals surface area contributed by atoms with E-state index in [1.54, 1.807) is 6.92 Å². The van der Waals surface area contributed by atoms with Gasteiger partial charge in [0, 0.05) is 26.2 Å². The van der Waals surface area contributed by atoms with Crippen LogP contribution in [0.4, 0.5) is 13.2 Å². The highest BCUT2D eigenvalue weighted by Gasteiger charge is 2.30. The van der Waals surface area contributed by atoms with E-state index >= 15 is 0 Å². The zero-order chi connectivity index (χ0) is 11.2. The Morgan fingerprint density at radius 1 is 1.43 bits per heavy atom. The fraction of sp³-hybridized carbons (Fsp3) is 1.00. The van der Waals surface area contributed by atoms with E-state index in [4.69, 9.17) is 10.8 Å². The Hall–Kier alpha value is -0.330. The van der Waals surface area contributed by atoms with Gasteiger partial charge in [-0.2, -0.15) is 13.2 Å². The van der Waals surface area contributed by atoms with Crippen LogP contribution in [0.2, 0.25) is 0 Å². The minimum atomic E-state index is -4.20. The largest absolute Gasteiger partial charge is 0.401 e. The third-order valence-corrected chi connectivity index (χ3v) is 1.73. The van der Waals surface area contributed by atoms with Gasteiger partial charge in [0.2, 0.25) is 0 Å². The zero-order valence-corrected chi connectivity index (χ0v) is 8.22. The van der Waals surface area contributed by atoms with Crippen molar-refractivity contribution in [2.45, 2.75) is 13.1 Å². The molecule has 0 aliphatic heterocycles. The molecular weight excluding hydrogens is 197 g/mol. The molecule has 0 fully saturated rings. The molecule has 0 aliphatic carbocycles. The molecule has 0 amide bonds. The van der Waals surface area contributed by atoms with Crippen LogP contribution >= 0.6 is 0 Å². The first-order valence-electron chi connectivity index (χ1n) is 4.49. The maximum absolute atomic E-state index is 12.0. The van der Waals surface area contributed by atoms with Crippen LogP contribution < -0.4 is 5.73 Å². The summed E-state index contributed by atoms with van der Waals surface area (Å²) in [6.45, 7) is 1.22. The lowest BCUT2D eigenvalue weighted by molar-refractivity contribution is -0.147. The Morgan fingerprint density at radius 2 is 2.00 bits per heavy atom. The van der Waals surface area contributed by atoms with Gasteiger partial charge in [-0.05, 0) is 5.92 Å². The highest BCUT2D eigenvalue weighted by atomic mass is 19.4. The maximum Gasteiger partial charge on any atom is 0.401 e. The molecule has 0 aromatic heterocycles. The predicted octanol–water partition coefficient (Wildman–Crippen LogP) is 0.438. The van der Waals surface area contributed by atoms with Crippen LogP contribution in [-0.2, 0) is 0 Å². The molecule has 0 rings (SSSR count). The summed E-state index contributed by atoms with van der Waals surface area (Å²) in [7, 11) is 0. The van der Waals surface area contributed by atoms with E-state index in [-0.39, 0.29) is 32.2 Å². The topological polar surface area (TPSA) is 49.5 Å². The van der Waals surface area contributed by atoms with Crippen molar-refractivity contribution in [3.63, 3.8) is 0 Å². The Labute approximate surface area is 81.7 Å². The van der Waals surface area contributed by atoms with Crippen LogP contribution in [0.15, 0.2) is 0 Å². The minimum absolute atomic E-state index is 0.112. The monoisotopic (exact) mass is 214 g/mol. The number of nitrogens with zero attached hydrogens (tertiary/aromatic N) is 1. The number of nitrogens with two attached hydrogens (primary N) is 1. The van der Waals surface area contributed by atoms with Crippen molar-refractivity contribution >= 4 is 0 Å². The molecule has 0 aliphatic rings. The molecule has 0 aromatic carbocycles. The molecule has 3 nitrogen and oxygen atoms in total. The molecule has 1 unspecified atom stereocenters. The van der Waals surface area contributed by atoms with Crippen LogP contribution in [0.25, 0.3) is 0 Å². The van der Waals surface area contributed by atoms with E-state index in [9.17, 15) is 13.2 Å². The van der Waals surface area contributed by atoms with Gasteiger partial charge in [-0.3, -0.25) is 4.90 Å². The number of rotatable bonds is 6. The standard InChI is InChI=1S/C8H17F3N2O/c1-7(5-14)4-13(3-2-12)6-8(9,10)11/h7,14H,2-6,12H2,1H3. The average molecular weight is 214 g/mol. The van der Waals surface area contributed by atoms with Gasteiger partial charge in [0.05, 0.1) is 6.54 Å². The Kier molecular flexibility index (Phi) is 6.06. The van der Waals surface area contributed by atoms with Crippen molar-refractivity contribution in [3.05, 3.63) is 0 Å². The normalized spacial score (nSPS) is 14.8.